The number of ether oxygens (including phenoxy) is 1. The summed E-state index contributed by atoms with van der Waals surface area (Å²) in [6.45, 7) is 3.21. The van der Waals surface area contributed by atoms with Gasteiger partial charge >= 0.3 is 0 Å². The normalized spacial score (nSPS) is 22.3. The molecule has 1 aromatic rings. The summed E-state index contributed by atoms with van der Waals surface area (Å²) in [6, 6.07) is 7.80. The van der Waals surface area contributed by atoms with Crippen molar-refractivity contribution in [2.75, 3.05) is 38.2 Å². The fraction of sp³-hybridized carbons (Fsp3) is 0.611. The number of hydrogen-bond acceptors (Lipinski definition) is 4. The monoisotopic (exact) mass is 318 g/mol. The predicted molar refractivity (Wildman–Crippen MR) is 89.8 cm³/mol. The number of aliphatic hydroxyl groups is 1. The molecule has 126 valence electrons. The maximum Gasteiger partial charge on any atom is 0.253 e. The lowest BCUT2D eigenvalue weighted by atomic mass is 10.1. The van der Waals surface area contributed by atoms with E-state index in [4.69, 9.17) is 4.74 Å². The van der Waals surface area contributed by atoms with Crippen molar-refractivity contribution in [2.24, 2.45) is 0 Å². The molecule has 2 fully saturated rings. The summed E-state index contributed by atoms with van der Waals surface area (Å²) >= 11 is 0. The lowest BCUT2D eigenvalue weighted by Gasteiger charge is -2.31. The summed E-state index contributed by atoms with van der Waals surface area (Å²) in [4.78, 5) is 16.5. The number of rotatable bonds is 4. The minimum atomic E-state index is -0.168. The summed E-state index contributed by atoms with van der Waals surface area (Å²) in [7, 11) is 1.84. The Morgan fingerprint density at radius 3 is 2.57 bits per heavy atom. The molecule has 1 aromatic carbocycles. The first-order valence-corrected chi connectivity index (χ1v) is 8.53. The van der Waals surface area contributed by atoms with Crippen LogP contribution in [-0.4, -0.2) is 61.4 Å². The first-order chi connectivity index (χ1) is 11.1. The molecule has 0 radical (unpaired) electrons. The summed E-state index contributed by atoms with van der Waals surface area (Å²) in [5.41, 5.74) is 1.83. The molecule has 2 aliphatic heterocycles. The fourth-order valence-corrected chi connectivity index (χ4v) is 3.34. The molecule has 2 saturated heterocycles. The van der Waals surface area contributed by atoms with E-state index in [-0.39, 0.29) is 18.1 Å². The maximum absolute atomic E-state index is 12.5. The Hall–Kier alpha value is -1.59. The number of carbonyl (C=O) groups excluding carboxylic acids is 1. The minimum absolute atomic E-state index is 0.0427. The van der Waals surface area contributed by atoms with E-state index >= 15 is 0 Å². The van der Waals surface area contributed by atoms with Crippen molar-refractivity contribution < 1.29 is 14.6 Å². The molecule has 2 heterocycles. The van der Waals surface area contributed by atoms with Crippen LogP contribution in [0.15, 0.2) is 24.3 Å². The summed E-state index contributed by atoms with van der Waals surface area (Å²) in [6.07, 6.45) is 3.76. The van der Waals surface area contributed by atoms with E-state index < -0.39 is 0 Å². The fourth-order valence-electron chi connectivity index (χ4n) is 3.34. The Bertz CT molecular complexity index is 518. The lowest BCUT2D eigenvalue weighted by Crippen LogP contribution is -2.36. The average molecular weight is 318 g/mol. The van der Waals surface area contributed by atoms with Gasteiger partial charge in [-0.1, -0.05) is 0 Å². The van der Waals surface area contributed by atoms with Gasteiger partial charge in [0, 0.05) is 44.5 Å². The number of carbonyl (C=O) groups is 1. The van der Waals surface area contributed by atoms with E-state index in [2.05, 4.69) is 4.90 Å². The van der Waals surface area contributed by atoms with Crippen LogP contribution >= 0.6 is 0 Å². The summed E-state index contributed by atoms with van der Waals surface area (Å²) in [5.74, 6) is 0.0427. The Labute approximate surface area is 137 Å². The van der Waals surface area contributed by atoms with Crippen molar-refractivity contribution in [1.29, 1.82) is 0 Å². The average Bonchev–Trinajstić information content (AvgIpc) is 3.08. The van der Waals surface area contributed by atoms with Crippen molar-refractivity contribution >= 4 is 11.6 Å². The largest absolute Gasteiger partial charge is 0.393 e. The Balaban J connectivity index is 1.58. The van der Waals surface area contributed by atoms with Gasteiger partial charge in [0.2, 0.25) is 0 Å². The highest BCUT2D eigenvalue weighted by Gasteiger charge is 2.21. The second-order valence-corrected chi connectivity index (χ2v) is 6.59. The third kappa shape index (κ3) is 4.03. The van der Waals surface area contributed by atoms with Gasteiger partial charge in [0.25, 0.3) is 5.91 Å². The molecule has 1 atom stereocenters. The lowest BCUT2D eigenvalue weighted by molar-refractivity contribution is 0.0587. The molecule has 1 unspecified atom stereocenters. The second kappa shape index (κ2) is 7.32. The molecule has 1 N–H and O–H groups in total. The number of aliphatic hydroxyl groups excluding tert-OH is 1. The van der Waals surface area contributed by atoms with Gasteiger partial charge in [-0.25, -0.2) is 0 Å². The van der Waals surface area contributed by atoms with E-state index in [0.29, 0.717) is 12.1 Å². The maximum atomic E-state index is 12.5. The van der Waals surface area contributed by atoms with Crippen LogP contribution in [0.25, 0.3) is 0 Å². The van der Waals surface area contributed by atoms with Crippen LogP contribution < -0.4 is 4.90 Å². The highest BCUT2D eigenvalue weighted by atomic mass is 16.5. The zero-order chi connectivity index (χ0) is 16.2. The first kappa shape index (κ1) is 16.3. The molecular formula is C18H26N2O3. The van der Waals surface area contributed by atoms with Gasteiger partial charge in [0.15, 0.2) is 0 Å². The van der Waals surface area contributed by atoms with Gasteiger partial charge in [0.05, 0.1) is 12.2 Å². The highest BCUT2D eigenvalue weighted by Crippen LogP contribution is 2.21. The Kier molecular flexibility index (Phi) is 5.18. The van der Waals surface area contributed by atoms with Crippen LogP contribution in [0.1, 0.15) is 36.0 Å². The molecule has 5 nitrogen and oxygen atoms in total. The van der Waals surface area contributed by atoms with Crippen LogP contribution in [0.5, 0.6) is 0 Å². The second-order valence-electron chi connectivity index (χ2n) is 6.59. The Morgan fingerprint density at radius 2 is 1.96 bits per heavy atom. The number of anilines is 1. The van der Waals surface area contributed by atoms with E-state index in [0.717, 1.165) is 51.1 Å². The van der Waals surface area contributed by atoms with Crippen molar-refractivity contribution in [3.05, 3.63) is 29.8 Å². The first-order valence-electron chi connectivity index (χ1n) is 8.53. The zero-order valence-corrected chi connectivity index (χ0v) is 13.8. The summed E-state index contributed by atoms with van der Waals surface area (Å²) in [5, 5.41) is 9.58. The van der Waals surface area contributed by atoms with E-state index in [1.54, 1.807) is 4.90 Å². The predicted octanol–water partition coefficient (Wildman–Crippen LogP) is 1.90. The van der Waals surface area contributed by atoms with Gasteiger partial charge in [-0.3, -0.25) is 4.79 Å². The number of nitrogens with zero attached hydrogens (tertiary/aromatic N) is 2. The molecule has 0 aromatic heterocycles. The molecule has 0 bridgehead atoms. The summed E-state index contributed by atoms with van der Waals surface area (Å²) < 4.78 is 5.60. The van der Waals surface area contributed by atoms with Gasteiger partial charge in [0.1, 0.15) is 0 Å². The smallest absolute Gasteiger partial charge is 0.253 e. The number of likely N-dealkylation sites (N-methyl/N-ethyl adjacent to an activating group) is 1. The number of hydrogen-bond donors (Lipinski definition) is 1. The van der Waals surface area contributed by atoms with E-state index in [1.807, 2.05) is 31.3 Å². The molecule has 23 heavy (non-hydrogen) atoms. The van der Waals surface area contributed by atoms with Crippen LogP contribution in [-0.2, 0) is 4.74 Å². The van der Waals surface area contributed by atoms with Crippen molar-refractivity contribution in [3.8, 4) is 0 Å². The van der Waals surface area contributed by atoms with Crippen molar-refractivity contribution in [2.45, 2.75) is 37.9 Å². The Morgan fingerprint density at radius 1 is 1.26 bits per heavy atom. The molecule has 2 aliphatic rings. The number of benzene rings is 1. The third-order valence-electron chi connectivity index (χ3n) is 4.79. The minimum Gasteiger partial charge on any atom is -0.393 e. The van der Waals surface area contributed by atoms with Gasteiger partial charge in [-0.15, -0.1) is 0 Å². The number of piperidine rings is 1. The SMILES string of the molecule is CN(CC1CCCO1)C(=O)c1ccc(N2CCC(O)CC2)cc1. The van der Waals surface area contributed by atoms with Crippen molar-refractivity contribution in [1.82, 2.24) is 4.90 Å². The highest BCUT2D eigenvalue weighted by molar-refractivity contribution is 5.94. The molecule has 0 aliphatic carbocycles. The van der Waals surface area contributed by atoms with Gasteiger partial charge in [-0.05, 0) is 49.9 Å². The number of amides is 1. The van der Waals surface area contributed by atoms with E-state index in [9.17, 15) is 9.90 Å². The standard InChI is InChI=1S/C18H26N2O3/c1-19(13-17-3-2-12-23-17)18(22)14-4-6-15(7-5-14)20-10-8-16(21)9-11-20/h4-7,16-17,21H,2-3,8-13H2,1H3. The van der Waals surface area contributed by atoms with Crippen LogP contribution in [0.3, 0.4) is 0 Å². The van der Waals surface area contributed by atoms with Crippen LogP contribution in [0.4, 0.5) is 5.69 Å². The quantitative estimate of drug-likeness (QED) is 0.921. The molecule has 5 heteroatoms. The zero-order valence-electron chi connectivity index (χ0n) is 13.8. The van der Waals surface area contributed by atoms with Crippen LogP contribution in [0.2, 0.25) is 0 Å². The molecule has 1 amide bonds. The molecule has 0 saturated carbocycles. The third-order valence-corrected chi connectivity index (χ3v) is 4.79. The topological polar surface area (TPSA) is 53.0 Å². The van der Waals surface area contributed by atoms with Gasteiger partial charge in [-0.2, -0.15) is 0 Å². The van der Waals surface area contributed by atoms with Crippen molar-refractivity contribution in [3.63, 3.8) is 0 Å². The van der Waals surface area contributed by atoms with Gasteiger partial charge < -0.3 is 19.6 Å². The molecular weight excluding hydrogens is 292 g/mol. The molecule has 3 rings (SSSR count). The van der Waals surface area contributed by atoms with Crippen LogP contribution in [0, 0.1) is 0 Å². The van der Waals surface area contributed by atoms with E-state index in [1.165, 1.54) is 0 Å². The molecule has 0 spiro atoms.